The summed E-state index contributed by atoms with van der Waals surface area (Å²) in [5, 5.41) is 4.55. The van der Waals surface area contributed by atoms with Crippen molar-refractivity contribution < 1.29 is 4.42 Å². The van der Waals surface area contributed by atoms with Crippen LogP contribution in [0.25, 0.3) is 0 Å². The van der Waals surface area contributed by atoms with Gasteiger partial charge in [0.25, 0.3) is 0 Å². The number of nitrogens with zero attached hydrogens (tertiary/aromatic N) is 3. The molecular weight excluding hydrogens is 600 g/mol. The van der Waals surface area contributed by atoms with Crippen molar-refractivity contribution in [3.8, 4) is 0 Å². The van der Waals surface area contributed by atoms with Crippen LogP contribution in [0.3, 0.4) is 0 Å². The molecule has 2 fully saturated rings. The molecule has 250 valence electrons. The number of likely N-dealkylation sites (tertiary alicyclic amines) is 1. The first-order chi connectivity index (χ1) is 22.9. The van der Waals surface area contributed by atoms with Gasteiger partial charge in [0, 0.05) is 23.5 Å². The van der Waals surface area contributed by atoms with Crippen molar-refractivity contribution in [3.05, 3.63) is 118 Å². The number of halogens is 1. The molecule has 0 radical (unpaired) electrons. The third-order valence-corrected chi connectivity index (χ3v) is 10.7. The van der Waals surface area contributed by atoms with Gasteiger partial charge in [-0.1, -0.05) is 104 Å². The van der Waals surface area contributed by atoms with Crippen molar-refractivity contribution in [2.24, 2.45) is 11.8 Å². The van der Waals surface area contributed by atoms with E-state index in [0.29, 0.717) is 17.9 Å². The molecule has 4 aromatic rings. The SMILES string of the molecule is CC(Cc1ccccc1)Nc1oc(C(CC2CCC(C(c3ccc(Cl)cc3)N(C)C)CC2)N2CCCCC2)nc1Cc1ccccc1. The number of rotatable bonds is 13. The summed E-state index contributed by atoms with van der Waals surface area (Å²) in [6, 6.07) is 30.8. The Bertz CT molecular complexity index is 1490. The molecule has 0 spiro atoms. The van der Waals surface area contributed by atoms with Crippen LogP contribution in [0.5, 0.6) is 0 Å². The second-order valence-corrected chi connectivity index (χ2v) is 14.8. The average molecular weight is 653 g/mol. The normalized spacial score (nSPS) is 21.0. The van der Waals surface area contributed by atoms with E-state index in [4.69, 9.17) is 21.0 Å². The predicted molar refractivity (Wildman–Crippen MR) is 195 cm³/mol. The van der Waals surface area contributed by atoms with Crippen LogP contribution in [0, 0.1) is 11.8 Å². The lowest BCUT2D eigenvalue weighted by Gasteiger charge is -2.40. The number of nitrogens with one attached hydrogen (secondary N) is 1. The van der Waals surface area contributed by atoms with E-state index in [1.54, 1.807) is 0 Å². The van der Waals surface area contributed by atoms with E-state index in [9.17, 15) is 0 Å². The van der Waals surface area contributed by atoms with E-state index in [0.717, 1.165) is 54.8 Å². The van der Waals surface area contributed by atoms with Gasteiger partial charge in [0.2, 0.25) is 11.8 Å². The summed E-state index contributed by atoms with van der Waals surface area (Å²) in [7, 11) is 4.44. The summed E-state index contributed by atoms with van der Waals surface area (Å²) in [5.74, 6) is 3.07. The Morgan fingerprint density at radius 3 is 2.13 bits per heavy atom. The fraction of sp³-hybridized carbons (Fsp3) is 0.488. The Morgan fingerprint density at radius 2 is 1.49 bits per heavy atom. The first-order valence-electron chi connectivity index (χ1n) is 17.9. The van der Waals surface area contributed by atoms with Crippen LogP contribution < -0.4 is 5.32 Å². The molecular formula is C41H53ClN4O. The fourth-order valence-electron chi connectivity index (χ4n) is 8.12. The Balaban J connectivity index is 1.20. The molecule has 1 saturated heterocycles. The fourth-order valence-corrected chi connectivity index (χ4v) is 8.25. The summed E-state index contributed by atoms with van der Waals surface area (Å²) in [6.07, 6.45) is 11.6. The van der Waals surface area contributed by atoms with Crippen molar-refractivity contribution in [1.82, 2.24) is 14.8 Å². The maximum absolute atomic E-state index is 6.83. The molecule has 0 bridgehead atoms. The van der Waals surface area contributed by atoms with E-state index < -0.39 is 0 Å². The first kappa shape index (κ1) is 33.8. The summed E-state index contributed by atoms with van der Waals surface area (Å²) in [5.41, 5.74) is 4.98. The van der Waals surface area contributed by atoms with Crippen LogP contribution in [-0.4, -0.2) is 48.0 Å². The molecule has 3 unspecified atom stereocenters. The zero-order valence-corrected chi connectivity index (χ0v) is 29.3. The topological polar surface area (TPSA) is 44.5 Å². The number of anilines is 1. The molecule has 1 aliphatic heterocycles. The van der Waals surface area contributed by atoms with Crippen molar-refractivity contribution in [3.63, 3.8) is 0 Å². The van der Waals surface area contributed by atoms with E-state index in [2.05, 4.69) is 109 Å². The van der Waals surface area contributed by atoms with Crippen molar-refractivity contribution in [2.75, 3.05) is 32.5 Å². The molecule has 47 heavy (non-hydrogen) atoms. The number of piperidine rings is 1. The van der Waals surface area contributed by atoms with E-state index in [1.165, 1.54) is 61.6 Å². The van der Waals surface area contributed by atoms with Gasteiger partial charge >= 0.3 is 0 Å². The highest BCUT2D eigenvalue weighted by Gasteiger charge is 2.35. The maximum atomic E-state index is 6.83. The van der Waals surface area contributed by atoms with E-state index in [1.807, 2.05) is 12.1 Å². The predicted octanol–water partition coefficient (Wildman–Crippen LogP) is 9.99. The van der Waals surface area contributed by atoms with Crippen LogP contribution in [0.1, 0.15) is 98.6 Å². The molecule has 3 aromatic carbocycles. The molecule has 1 N–H and O–H groups in total. The van der Waals surface area contributed by atoms with Gasteiger partial charge in [-0.05, 0) is 113 Å². The molecule has 3 atom stereocenters. The number of benzene rings is 3. The molecule has 6 rings (SSSR count). The molecule has 2 heterocycles. The molecule has 6 heteroatoms. The van der Waals surface area contributed by atoms with Gasteiger partial charge in [0.1, 0.15) is 5.69 Å². The third kappa shape index (κ3) is 9.07. The zero-order valence-electron chi connectivity index (χ0n) is 28.6. The largest absolute Gasteiger partial charge is 0.423 e. The van der Waals surface area contributed by atoms with Crippen LogP contribution in [-0.2, 0) is 12.8 Å². The molecule has 1 saturated carbocycles. The molecule has 1 aliphatic carbocycles. The summed E-state index contributed by atoms with van der Waals surface area (Å²) in [4.78, 5) is 10.4. The maximum Gasteiger partial charge on any atom is 0.217 e. The highest BCUT2D eigenvalue weighted by Crippen LogP contribution is 2.43. The van der Waals surface area contributed by atoms with Crippen LogP contribution >= 0.6 is 11.6 Å². The second-order valence-electron chi connectivity index (χ2n) is 14.3. The van der Waals surface area contributed by atoms with Gasteiger partial charge in [0.15, 0.2) is 0 Å². The number of aromatic nitrogens is 1. The highest BCUT2D eigenvalue weighted by atomic mass is 35.5. The summed E-state index contributed by atoms with van der Waals surface area (Å²) >= 11 is 6.24. The van der Waals surface area contributed by atoms with Gasteiger partial charge < -0.3 is 14.6 Å². The zero-order chi connectivity index (χ0) is 32.6. The smallest absolute Gasteiger partial charge is 0.217 e. The average Bonchev–Trinajstić information content (AvgIpc) is 3.47. The third-order valence-electron chi connectivity index (χ3n) is 10.5. The van der Waals surface area contributed by atoms with Gasteiger partial charge in [-0.3, -0.25) is 4.90 Å². The van der Waals surface area contributed by atoms with Gasteiger partial charge in [-0.2, -0.15) is 0 Å². The summed E-state index contributed by atoms with van der Waals surface area (Å²) < 4.78 is 6.83. The van der Waals surface area contributed by atoms with Crippen molar-refractivity contribution >= 4 is 17.5 Å². The minimum Gasteiger partial charge on any atom is -0.423 e. The van der Waals surface area contributed by atoms with Gasteiger partial charge in [-0.25, -0.2) is 4.98 Å². The lowest BCUT2D eigenvalue weighted by molar-refractivity contribution is 0.0945. The quantitative estimate of drug-likeness (QED) is 0.156. The molecule has 5 nitrogen and oxygen atoms in total. The Morgan fingerprint density at radius 1 is 0.851 bits per heavy atom. The van der Waals surface area contributed by atoms with E-state index >= 15 is 0 Å². The highest BCUT2D eigenvalue weighted by molar-refractivity contribution is 6.30. The molecule has 0 amide bonds. The number of hydrogen-bond donors (Lipinski definition) is 1. The lowest BCUT2D eigenvalue weighted by Crippen LogP contribution is -2.36. The molecule has 2 aliphatic rings. The van der Waals surface area contributed by atoms with Crippen molar-refractivity contribution in [1.29, 1.82) is 0 Å². The van der Waals surface area contributed by atoms with Gasteiger partial charge in [-0.15, -0.1) is 0 Å². The number of oxazole rings is 1. The monoisotopic (exact) mass is 652 g/mol. The summed E-state index contributed by atoms with van der Waals surface area (Å²) in [6.45, 7) is 4.50. The minimum atomic E-state index is 0.215. The second kappa shape index (κ2) is 16.3. The Labute approximate surface area is 287 Å². The van der Waals surface area contributed by atoms with Crippen LogP contribution in [0.4, 0.5) is 5.88 Å². The molecule has 1 aromatic heterocycles. The van der Waals surface area contributed by atoms with Crippen molar-refractivity contribution in [2.45, 2.75) is 89.3 Å². The van der Waals surface area contributed by atoms with Gasteiger partial charge in [0.05, 0.1) is 6.04 Å². The number of hydrogen-bond acceptors (Lipinski definition) is 5. The standard InChI is InChI=1S/C41H53ClN4O/c1-30(27-31-13-7-4-8-14-31)43-40-37(28-32-15-9-5-10-16-32)44-41(47-40)38(46-25-11-6-12-26-46)29-33-17-19-34(20-18-33)39(45(2)3)35-21-23-36(42)24-22-35/h4-5,7-10,13-16,21-24,30,33-34,38-39,43H,6,11-12,17-20,25-29H2,1-3H3. The van der Waals surface area contributed by atoms with E-state index in [-0.39, 0.29) is 12.1 Å². The lowest BCUT2D eigenvalue weighted by atomic mass is 9.74. The Hall–Kier alpha value is -3.12. The minimum absolute atomic E-state index is 0.215. The van der Waals surface area contributed by atoms with Crippen LogP contribution in [0.15, 0.2) is 89.3 Å². The first-order valence-corrected chi connectivity index (χ1v) is 18.3. The van der Waals surface area contributed by atoms with Crippen LogP contribution in [0.2, 0.25) is 5.02 Å². The Kier molecular flexibility index (Phi) is 11.7.